The maximum atomic E-state index is 11.4. The van der Waals surface area contributed by atoms with E-state index in [4.69, 9.17) is 23.2 Å². The van der Waals surface area contributed by atoms with E-state index in [9.17, 15) is 9.90 Å². The molecular weight excluding hydrogens is 309 g/mol. The summed E-state index contributed by atoms with van der Waals surface area (Å²) in [5.41, 5.74) is 1.85. The van der Waals surface area contributed by atoms with Crippen molar-refractivity contribution in [3.05, 3.63) is 63.6 Å². The molecule has 3 nitrogen and oxygen atoms in total. The van der Waals surface area contributed by atoms with E-state index in [1.54, 1.807) is 12.1 Å². The summed E-state index contributed by atoms with van der Waals surface area (Å²) in [6.07, 6.45) is 0. The lowest BCUT2D eigenvalue weighted by Gasteiger charge is -2.28. The smallest absolute Gasteiger partial charge is 0.337 e. The Labute approximate surface area is 133 Å². The average Bonchev–Trinajstić information content (AvgIpc) is 2.46. The van der Waals surface area contributed by atoms with Gasteiger partial charge in [-0.1, -0.05) is 35.3 Å². The molecule has 0 fully saturated rings. The molecule has 1 atom stereocenters. The van der Waals surface area contributed by atoms with Crippen molar-refractivity contribution in [3.8, 4) is 0 Å². The highest BCUT2D eigenvalue weighted by Crippen LogP contribution is 2.30. The maximum absolute atomic E-state index is 11.4. The van der Waals surface area contributed by atoms with E-state index in [1.165, 1.54) is 6.07 Å². The predicted octanol–water partition coefficient (Wildman–Crippen LogP) is 4.89. The van der Waals surface area contributed by atoms with Crippen LogP contribution in [0.4, 0.5) is 5.69 Å². The van der Waals surface area contributed by atoms with Crippen molar-refractivity contribution >= 4 is 34.9 Å². The number of hydrogen-bond acceptors (Lipinski definition) is 2. The van der Waals surface area contributed by atoms with Gasteiger partial charge in [-0.25, -0.2) is 4.79 Å². The molecule has 2 aromatic carbocycles. The first-order valence-corrected chi connectivity index (χ1v) is 7.17. The van der Waals surface area contributed by atoms with E-state index >= 15 is 0 Å². The third-order valence-corrected chi connectivity index (χ3v) is 3.99. The first-order valence-electron chi connectivity index (χ1n) is 6.41. The molecule has 2 aromatic rings. The van der Waals surface area contributed by atoms with Gasteiger partial charge < -0.3 is 10.0 Å². The Hall–Kier alpha value is -1.71. The second-order valence-electron chi connectivity index (χ2n) is 4.81. The number of nitrogens with zero attached hydrogens (tertiary/aromatic N) is 1. The summed E-state index contributed by atoms with van der Waals surface area (Å²) in [5, 5.41) is 10.4. The van der Waals surface area contributed by atoms with Crippen molar-refractivity contribution < 1.29 is 9.90 Å². The van der Waals surface area contributed by atoms with Gasteiger partial charge in [-0.15, -0.1) is 0 Å². The van der Waals surface area contributed by atoms with E-state index in [2.05, 4.69) is 0 Å². The van der Waals surface area contributed by atoms with Crippen molar-refractivity contribution in [1.29, 1.82) is 0 Å². The van der Waals surface area contributed by atoms with Gasteiger partial charge in [-0.05, 0) is 42.8 Å². The van der Waals surface area contributed by atoms with Crippen LogP contribution in [0.2, 0.25) is 10.0 Å². The van der Waals surface area contributed by atoms with Gasteiger partial charge in [-0.2, -0.15) is 0 Å². The minimum absolute atomic E-state index is 0.00143. The molecule has 0 saturated heterocycles. The average molecular weight is 324 g/mol. The van der Waals surface area contributed by atoms with E-state index in [0.717, 1.165) is 5.56 Å². The van der Waals surface area contributed by atoms with Crippen molar-refractivity contribution in [3.63, 3.8) is 0 Å². The Bertz CT molecular complexity index is 656. The molecule has 5 heteroatoms. The number of hydrogen-bond donors (Lipinski definition) is 1. The van der Waals surface area contributed by atoms with Crippen molar-refractivity contribution in [2.45, 2.75) is 13.0 Å². The first-order chi connectivity index (χ1) is 9.90. The van der Waals surface area contributed by atoms with E-state index in [0.29, 0.717) is 15.7 Å². The molecule has 0 saturated carbocycles. The fourth-order valence-electron chi connectivity index (χ4n) is 2.16. The highest BCUT2D eigenvalue weighted by Gasteiger charge is 2.19. The zero-order valence-electron chi connectivity index (χ0n) is 11.7. The summed E-state index contributed by atoms with van der Waals surface area (Å²) in [6, 6.07) is 12.4. The van der Waals surface area contributed by atoms with Gasteiger partial charge in [0.1, 0.15) is 0 Å². The Morgan fingerprint density at radius 2 is 1.67 bits per heavy atom. The lowest BCUT2D eigenvalue weighted by atomic mass is 10.1. The zero-order valence-corrected chi connectivity index (χ0v) is 13.2. The summed E-state index contributed by atoms with van der Waals surface area (Å²) in [5.74, 6) is -0.998. The predicted molar refractivity (Wildman–Crippen MR) is 86.7 cm³/mol. The van der Waals surface area contributed by atoms with Gasteiger partial charge in [-0.3, -0.25) is 0 Å². The van der Waals surface area contributed by atoms with E-state index in [1.807, 2.05) is 43.1 Å². The number of anilines is 1. The van der Waals surface area contributed by atoms with Crippen LogP contribution in [-0.4, -0.2) is 18.1 Å². The topological polar surface area (TPSA) is 40.5 Å². The summed E-state index contributed by atoms with van der Waals surface area (Å²) in [7, 11) is 1.86. The van der Waals surface area contributed by atoms with Gasteiger partial charge in [0.2, 0.25) is 0 Å². The quantitative estimate of drug-likeness (QED) is 0.870. The van der Waals surface area contributed by atoms with E-state index in [-0.39, 0.29) is 11.6 Å². The standard InChI is InChI=1S/C16H15Cl2NO2/c1-10(11-3-5-12(17)6-4-11)19(2)15-8-7-13(18)9-14(15)16(20)21/h3-10H,1-2H3,(H,20,21). The van der Waals surface area contributed by atoms with Crippen LogP contribution < -0.4 is 4.90 Å². The normalized spacial score (nSPS) is 12.0. The number of aromatic carboxylic acids is 1. The highest BCUT2D eigenvalue weighted by molar-refractivity contribution is 6.31. The van der Waals surface area contributed by atoms with Crippen LogP contribution in [0, 0.1) is 0 Å². The first kappa shape index (κ1) is 15.7. The third-order valence-electron chi connectivity index (χ3n) is 3.50. The molecule has 0 aliphatic heterocycles. The van der Waals surface area contributed by atoms with Crippen molar-refractivity contribution in [1.82, 2.24) is 0 Å². The highest BCUT2D eigenvalue weighted by atomic mass is 35.5. The van der Waals surface area contributed by atoms with Gasteiger partial charge >= 0.3 is 5.97 Å². The Morgan fingerprint density at radius 3 is 2.24 bits per heavy atom. The summed E-state index contributed by atoms with van der Waals surface area (Å²) >= 11 is 11.8. The second kappa shape index (κ2) is 6.37. The number of carbonyl (C=O) groups is 1. The minimum atomic E-state index is -0.998. The minimum Gasteiger partial charge on any atom is -0.478 e. The SMILES string of the molecule is CC(c1ccc(Cl)cc1)N(C)c1ccc(Cl)cc1C(=O)O. The number of carboxylic acids is 1. The van der Waals surface area contributed by atoms with Crippen LogP contribution >= 0.6 is 23.2 Å². The molecule has 0 radical (unpaired) electrons. The van der Waals surface area contributed by atoms with Crippen LogP contribution in [-0.2, 0) is 0 Å². The van der Waals surface area contributed by atoms with Gasteiger partial charge in [0.05, 0.1) is 17.3 Å². The van der Waals surface area contributed by atoms with Crippen LogP contribution in [0.3, 0.4) is 0 Å². The lowest BCUT2D eigenvalue weighted by molar-refractivity contribution is 0.0697. The Kier molecular flexibility index (Phi) is 4.76. The fraction of sp³-hybridized carbons (Fsp3) is 0.188. The maximum Gasteiger partial charge on any atom is 0.337 e. The van der Waals surface area contributed by atoms with Gasteiger partial charge in [0.15, 0.2) is 0 Å². The van der Waals surface area contributed by atoms with Crippen LogP contribution in [0.5, 0.6) is 0 Å². The number of rotatable bonds is 4. The molecule has 0 aromatic heterocycles. The molecule has 1 N–H and O–H groups in total. The largest absolute Gasteiger partial charge is 0.478 e. The monoisotopic (exact) mass is 323 g/mol. The molecule has 110 valence electrons. The molecule has 0 spiro atoms. The molecule has 2 rings (SSSR count). The number of halogens is 2. The molecule has 1 unspecified atom stereocenters. The van der Waals surface area contributed by atoms with E-state index < -0.39 is 5.97 Å². The van der Waals surface area contributed by atoms with Crippen molar-refractivity contribution in [2.75, 3.05) is 11.9 Å². The second-order valence-corrected chi connectivity index (χ2v) is 5.68. The third kappa shape index (κ3) is 3.49. The summed E-state index contributed by atoms with van der Waals surface area (Å²) in [6.45, 7) is 2.00. The Balaban J connectivity index is 2.37. The zero-order chi connectivity index (χ0) is 15.6. The van der Waals surface area contributed by atoms with Crippen LogP contribution in [0.15, 0.2) is 42.5 Å². The van der Waals surface area contributed by atoms with Crippen LogP contribution in [0.1, 0.15) is 28.9 Å². The van der Waals surface area contributed by atoms with Crippen LogP contribution in [0.25, 0.3) is 0 Å². The lowest BCUT2D eigenvalue weighted by Crippen LogP contribution is -2.23. The number of carboxylic acid groups (broad SMARTS) is 1. The van der Waals surface area contributed by atoms with Gasteiger partial charge in [0.25, 0.3) is 0 Å². The molecule has 0 heterocycles. The molecule has 0 aliphatic rings. The van der Waals surface area contributed by atoms with Crippen molar-refractivity contribution in [2.24, 2.45) is 0 Å². The molecular formula is C16H15Cl2NO2. The fourth-order valence-corrected chi connectivity index (χ4v) is 2.46. The Morgan fingerprint density at radius 1 is 1.10 bits per heavy atom. The molecule has 0 amide bonds. The van der Waals surface area contributed by atoms with Gasteiger partial charge in [0, 0.05) is 17.1 Å². The molecule has 21 heavy (non-hydrogen) atoms. The summed E-state index contributed by atoms with van der Waals surface area (Å²) < 4.78 is 0. The summed E-state index contributed by atoms with van der Waals surface area (Å²) in [4.78, 5) is 13.3. The molecule has 0 bridgehead atoms. The number of benzene rings is 2. The molecule has 0 aliphatic carbocycles.